The zero-order valence-electron chi connectivity index (χ0n) is 11.7. The number of ether oxygens (including phenoxy) is 1. The van der Waals surface area contributed by atoms with E-state index in [0.717, 1.165) is 11.1 Å². The smallest absolute Gasteiger partial charge is 0.337 e. The Morgan fingerprint density at radius 1 is 1.27 bits per heavy atom. The number of methoxy groups -OCH3 is 1. The maximum atomic E-state index is 13.0. The number of carbonyl (C=O) groups is 1. The molecule has 0 amide bonds. The molecule has 0 aliphatic rings. The molecule has 22 heavy (non-hydrogen) atoms. The quantitative estimate of drug-likeness (QED) is 0.692. The van der Waals surface area contributed by atoms with Crippen molar-refractivity contribution in [3.05, 3.63) is 64.7 Å². The van der Waals surface area contributed by atoms with Crippen LogP contribution in [0.1, 0.15) is 15.9 Å². The molecule has 3 rings (SSSR count). The van der Waals surface area contributed by atoms with Gasteiger partial charge in [-0.15, -0.1) is 0 Å². The van der Waals surface area contributed by atoms with Gasteiger partial charge in [-0.25, -0.2) is 14.2 Å². The molecular weight excluding hydrogens is 307 g/mol. The topological polar surface area (TPSA) is 44.1 Å². The van der Waals surface area contributed by atoms with E-state index in [1.54, 1.807) is 34.9 Å². The summed E-state index contributed by atoms with van der Waals surface area (Å²) in [7, 11) is 1.33. The minimum atomic E-state index is -0.424. The summed E-state index contributed by atoms with van der Waals surface area (Å²) in [6, 6.07) is 11.2. The molecule has 0 atom stereocenters. The minimum absolute atomic E-state index is 0.293. The first-order valence-corrected chi connectivity index (χ1v) is 6.95. The largest absolute Gasteiger partial charge is 0.465 e. The SMILES string of the molecule is COC(=O)c1ccc2nc(Cl)n(Cc3ccc(F)cc3)c2c1. The fourth-order valence-electron chi connectivity index (χ4n) is 2.26. The van der Waals surface area contributed by atoms with Crippen LogP contribution in [0.3, 0.4) is 0 Å². The molecule has 112 valence electrons. The summed E-state index contributed by atoms with van der Waals surface area (Å²) in [6.07, 6.45) is 0. The number of aromatic nitrogens is 2. The molecule has 0 spiro atoms. The lowest BCUT2D eigenvalue weighted by molar-refractivity contribution is 0.0601. The van der Waals surface area contributed by atoms with E-state index in [9.17, 15) is 9.18 Å². The van der Waals surface area contributed by atoms with Gasteiger partial charge in [0.25, 0.3) is 0 Å². The summed E-state index contributed by atoms with van der Waals surface area (Å²) in [4.78, 5) is 15.9. The zero-order valence-corrected chi connectivity index (χ0v) is 12.5. The van der Waals surface area contributed by atoms with Crippen molar-refractivity contribution in [2.24, 2.45) is 0 Å². The summed E-state index contributed by atoms with van der Waals surface area (Å²) in [6.45, 7) is 0.431. The normalized spacial score (nSPS) is 10.9. The van der Waals surface area contributed by atoms with Crippen LogP contribution in [-0.4, -0.2) is 22.6 Å². The van der Waals surface area contributed by atoms with Crippen LogP contribution in [0.2, 0.25) is 5.28 Å². The van der Waals surface area contributed by atoms with Crippen molar-refractivity contribution in [1.29, 1.82) is 0 Å². The van der Waals surface area contributed by atoms with Gasteiger partial charge in [0.1, 0.15) is 5.82 Å². The van der Waals surface area contributed by atoms with Gasteiger partial charge in [-0.3, -0.25) is 0 Å². The lowest BCUT2D eigenvalue weighted by Crippen LogP contribution is -2.03. The van der Waals surface area contributed by atoms with E-state index in [4.69, 9.17) is 16.3 Å². The maximum absolute atomic E-state index is 13.0. The highest BCUT2D eigenvalue weighted by molar-refractivity contribution is 6.29. The fourth-order valence-corrected chi connectivity index (χ4v) is 2.50. The third-order valence-corrected chi connectivity index (χ3v) is 3.67. The van der Waals surface area contributed by atoms with Crippen molar-refractivity contribution in [3.8, 4) is 0 Å². The van der Waals surface area contributed by atoms with Gasteiger partial charge >= 0.3 is 5.97 Å². The third kappa shape index (κ3) is 2.67. The van der Waals surface area contributed by atoms with Gasteiger partial charge in [-0.2, -0.15) is 0 Å². The number of imidazole rings is 1. The number of hydrogen-bond acceptors (Lipinski definition) is 3. The van der Waals surface area contributed by atoms with Gasteiger partial charge in [-0.1, -0.05) is 12.1 Å². The predicted molar refractivity (Wildman–Crippen MR) is 81.6 cm³/mol. The maximum Gasteiger partial charge on any atom is 0.337 e. The summed E-state index contributed by atoms with van der Waals surface area (Å²) >= 11 is 6.18. The van der Waals surface area contributed by atoms with E-state index in [-0.39, 0.29) is 5.82 Å². The molecule has 6 heteroatoms. The number of hydrogen-bond donors (Lipinski definition) is 0. The molecule has 0 saturated heterocycles. The van der Waals surface area contributed by atoms with Crippen molar-refractivity contribution in [1.82, 2.24) is 9.55 Å². The van der Waals surface area contributed by atoms with E-state index in [1.165, 1.54) is 19.2 Å². The molecule has 0 aliphatic carbocycles. The monoisotopic (exact) mass is 318 g/mol. The standard InChI is InChI=1S/C16H12ClFN2O2/c1-22-15(21)11-4-7-13-14(8-11)20(16(17)19-13)9-10-2-5-12(18)6-3-10/h2-8H,9H2,1H3. The second kappa shape index (κ2) is 5.77. The highest BCUT2D eigenvalue weighted by Crippen LogP contribution is 2.23. The molecule has 1 heterocycles. The lowest BCUT2D eigenvalue weighted by atomic mass is 10.2. The second-order valence-corrected chi connectivity index (χ2v) is 5.13. The summed E-state index contributed by atoms with van der Waals surface area (Å²) in [5.74, 6) is -0.717. The molecule has 0 radical (unpaired) electrons. The van der Waals surface area contributed by atoms with Crippen LogP contribution in [0.25, 0.3) is 11.0 Å². The molecule has 0 fully saturated rings. The van der Waals surface area contributed by atoms with Gasteiger partial charge in [0.15, 0.2) is 0 Å². The highest BCUT2D eigenvalue weighted by atomic mass is 35.5. The Hall–Kier alpha value is -2.40. The number of halogens is 2. The van der Waals surface area contributed by atoms with Crippen molar-refractivity contribution in [2.75, 3.05) is 7.11 Å². The molecule has 0 bridgehead atoms. The molecule has 0 aliphatic heterocycles. The Kier molecular flexibility index (Phi) is 3.81. The molecule has 2 aromatic carbocycles. The predicted octanol–water partition coefficient (Wildman–Crippen LogP) is 3.66. The van der Waals surface area contributed by atoms with E-state index in [1.807, 2.05) is 0 Å². The second-order valence-electron chi connectivity index (χ2n) is 4.79. The summed E-state index contributed by atoms with van der Waals surface area (Å²) in [5.41, 5.74) is 2.70. The van der Waals surface area contributed by atoms with Crippen LogP contribution in [0.15, 0.2) is 42.5 Å². The van der Waals surface area contributed by atoms with E-state index in [2.05, 4.69) is 4.98 Å². The lowest BCUT2D eigenvalue weighted by Gasteiger charge is -2.07. The molecular formula is C16H12ClFN2O2. The van der Waals surface area contributed by atoms with Gasteiger partial charge in [0.2, 0.25) is 5.28 Å². The Morgan fingerprint density at radius 2 is 2.00 bits per heavy atom. The Labute approximate surface area is 131 Å². The first kappa shape index (κ1) is 14.5. The summed E-state index contributed by atoms with van der Waals surface area (Å²) < 4.78 is 19.5. The molecule has 0 unspecified atom stereocenters. The number of nitrogens with zero attached hydrogens (tertiary/aromatic N) is 2. The first-order valence-electron chi connectivity index (χ1n) is 6.57. The molecule has 0 saturated carbocycles. The number of benzene rings is 2. The van der Waals surface area contributed by atoms with Crippen molar-refractivity contribution in [3.63, 3.8) is 0 Å². The van der Waals surface area contributed by atoms with Gasteiger partial charge in [0.05, 0.1) is 30.3 Å². The van der Waals surface area contributed by atoms with Gasteiger partial charge < -0.3 is 9.30 Å². The van der Waals surface area contributed by atoms with Crippen molar-refractivity contribution in [2.45, 2.75) is 6.54 Å². The van der Waals surface area contributed by atoms with Crippen LogP contribution in [0.5, 0.6) is 0 Å². The number of carbonyl (C=O) groups excluding carboxylic acids is 1. The molecule has 3 aromatic rings. The molecule has 0 N–H and O–H groups in total. The number of rotatable bonds is 3. The van der Waals surface area contributed by atoms with Crippen LogP contribution < -0.4 is 0 Å². The Bertz CT molecular complexity index is 843. The van der Waals surface area contributed by atoms with Crippen LogP contribution >= 0.6 is 11.6 Å². The highest BCUT2D eigenvalue weighted by Gasteiger charge is 2.13. The fraction of sp³-hybridized carbons (Fsp3) is 0.125. The van der Waals surface area contributed by atoms with Gasteiger partial charge in [0, 0.05) is 0 Å². The van der Waals surface area contributed by atoms with E-state index < -0.39 is 5.97 Å². The summed E-state index contributed by atoms with van der Waals surface area (Å²) in [5, 5.41) is 0.307. The van der Waals surface area contributed by atoms with Crippen LogP contribution in [0.4, 0.5) is 4.39 Å². The first-order chi connectivity index (χ1) is 10.6. The third-order valence-electron chi connectivity index (χ3n) is 3.38. The number of esters is 1. The van der Waals surface area contributed by atoms with Gasteiger partial charge in [-0.05, 0) is 47.5 Å². The average molecular weight is 319 g/mol. The van der Waals surface area contributed by atoms with E-state index in [0.29, 0.717) is 22.9 Å². The Morgan fingerprint density at radius 3 is 2.68 bits per heavy atom. The number of fused-ring (bicyclic) bond motifs is 1. The Balaban J connectivity index is 2.05. The minimum Gasteiger partial charge on any atom is -0.465 e. The average Bonchev–Trinajstić information content (AvgIpc) is 2.84. The molecule has 4 nitrogen and oxygen atoms in total. The van der Waals surface area contributed by atoms with E-state index >= 15 is 0 Å². The van der Waals surface area contributed by atoms with Crippen molar-refractivity contribution < 1.29 is 13.9 Å². The zero-order chi connectivity index (χ0) is 15.7. The van der Waals surface area contributed by atoms with Crippen molar-refractivity contribution >= 4 is 28.6 Å². The molecule has 1 aromatic heterocycles. The van der Waals surface area contributed by atoms with Crippen LogP contribution in [-0.2, 0) is 11.3 Å². The van der Waals surface area contributed by atoms with Crippen LogP contribution in [0, 0.1) is 5.82 Å².